The van der Waals surface area contributed by atoms with Gasteiger partial charge in [-0.1, -0.05) is 6.07 Å². The first-order valence-corrected chi connectivity index (χ1v) is 8.33. The van der Waals surface area contributed by atoms with Gasteiger partial charge in [-0.2, -0.15) is 0 Å². The highest BCUT2D eigenvalue weighted by Crippen LogP contribution is 2.38. The van der Waals surface area contributed by atoms with Crippen LogP contribution in [0.1, 0.15) is 37.2 Å². The maximum Gasteiger partial charge on any atom is 0.310 e. The molecule has 0 amide bonds. The van der Waals surface area contributed by atoms with E-state index in [0.29, 0.717) is 17.7 Å². The van der Waals surface area contributed by atoms with Crippen LogP contribution in [-0.4, -0.2) is 49.3 Å². The molecule has 2 fully saturated rings. The molecule has 0 N–H and O–H groups in total. The van der Waals surface area contributed by atoms with Crippen LogP contribution in [0, 0.1) is 10.1 Å². The van der Waals surface area contributed by atoms with Gasteiger partial charge < -0.3 is 9.47 Å². The number of rotatable bonds is 4. The normalized spacial score (nSPS) is 26.0. The lowest BCUT2D eigenvalue weighted by Crippen LogP contribution is -2.44. The predicted molar refractivity (Wildman–Crippen MR) is 87.0 cm³/mol. The molecule has 1 saturated carbocycles. The van der Waals surface area contributed by atoms with E-state index in [9.17, 15) is 10.1 Å². The van der Waals surface area contributed by atoms with Gasteiger partial charge in [-0.3, -0.25) is 15.0 Å². The zero-order valence-electron chi connectivity index (χ0n) is 13.6. The van der Waals surface area contributed by atoms with Gasteiger partial charge >= 0.3 is 5.69 Å². The Morgan fingerprint density at radius 2 is 1.91 bits per heavy atom. The Balaban J connectivity index is 1.64. The number of hydrogen-bond donors (Lipinski definition) is 0. The minimum Gasteiger partial charge on any atom is -0.490 e. The van der Waals surface area contributed by atoms with E-state index >= 15 is 0 Å². The molecular weight excluding hydrogens is 296 g/mol. The lowest BCUT2D eigenvalue weighted by molar-refractivity contribution is -0.385. The van der Waals surface area contributed by atoms with Crippen molar-refractivity contribution in [1.29, 1.82) is 0 Å². The van der Waals surface area contributed by atoms with E-state index in [1.54, 1.807) is 6.07 Å². The topological polar surface area (TPSA) is 64.8 Å². The van der Waals surface area contributed by atoms with Crippen molar-refractivity contribution in [2.24, 2.45) is 0 Å². The van der Waals surface area contributed by atoms with Crippen molar-refractivity contribution in [3.63, 3.8) is 0 Å². The fourth-order valence-corrected chi connectivity index (χ4v) is 3.82. The Labute approximate surface area is 136 Å². The summed E-state index contributed by atoms with van der Waals surface area (Å²) >= 11 is 0. The van der Waals surface area contributed by atoms with E-state index in [0.717, 1.165) is 44.7 Å². The second kappa shape index (κ2) is 7.27. The molecule has 1 heterocycles. The highest BCUT2D eigenvalue weighted by molar-refractivity contribution is 5.49. The van der Waals surface area contributed by atoms with Crippen LogP contribution < -0.4 is 4.74 Å². The second-order valence-electron chi connectivity index (χ2n) is 6.34. The quantitative estimate of drug-likeness (QED) is 0.630. The van der Waals surface area contributed by atoms with Crippen LogP contribution in [0.3, 0.4) is 0 Å². The van der Waals surface area contributed by atoms with Crippen molar-refractivity contribution in [2.75, 3.05) is 33.4 Å². The molecule has 1 aliphatic carbocycles. The molecule has 0 spiro atoms. The Morgan fingerprint density at radius 1 is 1.22 bits per heavy atom. The van der Waals surface area contributed by atoms with Crippen molar-refractivity contribution in [2.45, 2.75) is 37.6 Å². The fraction of sp³-hybridized carbons (Fsp3) is 0.647. The van der Waals surface area contributed by atoms with E-state index < -0.39 is 4.92 Å². The maximum atomic E-state index is 11.0. The van der Waals surface area contributed by atoms with Crippen molar-refractivity contribution in [3.8, 4) is 5.75 Å². The first-order valence-electron chi connectivity index (χ1n) is 8.33. The zero-order chi connectivity index (χ0) is 16.2. The summed E-state index contributed by atoms with van der Waals surface area (Å²) in [7, 11) is 1.49. The number of ether oxygens (including phenoxy) is 2. The lowest BCUT2D eigenvalue weighted by atomic mass is 9.81. The van der Waals surface area contributed by atoms with E-state index in [1.807, 2.05) is 12.1 Å². The van der Waals surface area contributed by atoms with Crippen molar-refractivity contribution >= 4 is 5.69 Å². The second-order valence-corrected chi connectivity index (χ2v) is 6.34. The van der Waals surface area contributed by atoms with E-state index in [1.165, 1.54) is 20.0 Å². The van der Waals surface area contributed by atoms with Crippen LogP contribution in [0.15, 0.2) is 18.2 Å². The average molecular weight is 320 g/mol. The number of morpholine rings is 1. The van der Waals surface area contributed by atoms with Crippen molar-refractivity contribution < 1.29 is 14.4 Å². The average Bonchev–Trinajstić information content (AvgIpc) is 2.62. The Hall–Kier alpha value is -1.66. The molecular formula is C17H24N2O4. The molecule has 0 radical (unpaired) electrons. The zero-order valence-corrected chi connectivity index (χ0v) is 13.6. The summed E-state index contributed by atoms with van der Waals surface area (Å²) in [5.41, 5.74) is 1.20. The third-order valence-electron chi connectivity index (χ3n) is 5.13. The summed E-state index contributed by atoms with van der Waals surface area (Å²) < 4.78 is 10.6. The highest BCUT2D eigenvalue weighted by atomic mass is 16.6. The highest BCUT2D eigenvalue weighted by Gasteiger charge is 2.28. The molecule has 0 unspecified atom stereocenters. The molecule has 1 aromatic rings. The Kier molecular flexibility index (Phi) is 5.13. The minimum atomic E-state index is -0.391. The number of nitrogens with zero attached hydrogens (tertiary/aromatic N) is 2. The fourth-order valence-electron chi connectivity index (χ4n) is 3.82. The number of nitro benzene ring substituents is 1. The van der Waals surface area contributed by atoms with Crippen molar-refractivity contribution in [3.05, 3.63) is 33.9 Å². The first-order chi connectivity index (χ1) is 11.2. The largest absolute Gasteiger partial charge is 0.490 e. The van der Waals surface area contributed by atoms with Gasteiger partial charge in [-0.15, -0.1) is 0 Å². The van der Waals surface area contributed by atoms with Crippen LogP contribution in [0.25, 0.3) is 0 Å². The van der Waals surface area contributed by atoms with E-state index in [4.69, 9.17) is 9.47 Å². The van der Waals surface area contributed by atoms with Crippen LogP contribution in [-0.2, 0) is 4.74 Å². The summed E-state index contributed by atoms with van der Waals surface area (Å²) in [6.07, 6.45) is 4.62. The van der Waals surface area contributed by atoms with Gasteiger partial charge in [0.15, 0.2) is 5.75 Å². The summed E-state index contributed by atoms with van der Waals surface area (Å²) in [5, 5.41) is 11.0. The summed E-state index contributed by atoms with van der Waals surface area (Å²) in [4.78, 5) is 13.2. The molecule has 23 heavy (non-hydrogen) atoms. The number of nitro groups is 1. The van der Waals surface area contributed by atoms with E-state index in [-0.39, 0.29) is 5.69 Å². The molecule has 0 bridgehead atoms. The Bertz CT molecular complexity index is 550. The van der Waals surface area contributed by atoms with Gasteiger partial charge in [0.25, 0.3) is 0 Å². The predicted octanol–water partition coefficient (Wildman–Crippen LogP) is 2.96. The molecule has 1 aliphatic heterocycles. The number of methoxy groups -OCH3 is 1. The van der Waals surface area contributed by atoms with Crippen LogP contribution in [0.4, 0.5) is 5.69 Å². The van der Waals surface area contributed by atoms with Crippen LogP contribution in [0.5, 0.6) is 5.75 Å². The lowest BCUT2D eigenvalue weighted by Gasteiger charge is -2.38. The van der Waals surface area contributed by atoms with Gasteiger partial charge in [0.1, 0.15) is 0 Å². The van der Waals surface area contributed by atoms with Gasteiger partial charge in [-0.05, 0) is 43.2 Å². The molecule has 1 saturated heterocycles. The summed E-state index contributed by atoms with van der Waals surface area (Å²) in [5.74, 6) is 0.838. The maximum absolute atomic E-state index is 11.0. The van der Waals surface area contributed by atoms with E-state index in [2.05, 4.69) is 4.90 Å². The monoisotopic (exact) mass is 320 g/mol. The molecule has 6 heteroatoms. The third-order valence-corrected chi connectivity index (χ3v) is 5.13. The number of hydrogen-bond acceptors (Lipinski definition) is 5. The first kappa shape index (κ1) is 16.2. The minimum absolute atomic E-state index is 0.0400. The van der Waals surface area contributed by atoms with Crippen LogP contribution in [0.2, 0.25) is 0 Å². The number of benzene rings is 1. The summed E-state index contributed by atoms with van der Waals surface area (Å²) in [6.45, 7) is 3.78. The Morgan fingerprint density at radius 3 is 2.52 bits per heavy atom. The molecule has 0 aromatic heterocycles. The van der Waals surface area contributed by atoms with Gasteiger partial charge in [-0.25, -0.2) is 0 Å². The SMILES string of the molecule is COc1cc(C2CCC(N3CCOCC3)CC2)ccc1[N+](=O)[O-]. The molecule has 6 nitrogen and oxygen atoms in total. The molecule has 2 aliphatic rings. The van der Waals surface area contributed by atoms with Crippen molar-refractivity contribution in [1.82, 2.24) is 4.90 Å². The molecule has 0 atom stereocenters. The van der Waals surface area contributed by atoms with Gasteiger partial charge in [0, 0.05) is 25.2 Å². The van der Waals surface area contributed by atoms with Gasteiger partial charge in [0.2, 0.25) is 0 Å². The summed E-state index contributed by atoms with van der Waals surface area (Å²) in [6, 6.07) is 5.97. The van der Waals surface area contributed by atoms with Gasteiger partial charge in [0.05, 0.1) is 25.2 Å². The smallest absolute Gasteiger partial charge is 0.310 e. The third kappa shape index (κ3) is 3.64. The molecule has 3 rings (SSSR count). The molecule has 1 aromatic carbocycles. The standard InChI is InChI=1S/C17H24N2O4/c1-22-17-12-14(4-7-16(17)19(20)21)13-2-5-15(6-3-13)18-8-10-23-11-9-18/h4,7,12-13,15H,2-3,5-6,8-11H2,1H3. The van der Waals surface area contributed by atoms with Crippen LogP contribution >= 0.6 is 0 Å². The molecule has 126 valence electrons.